The Hall–Kier alpha value is -2.05. The van der Waals surface area contributed by atoms with E-state index >= 15 is 0 Å². The highest BCUT2D eigenvalue weighted by atomic mass is 16.5. The molecule has 6 nitrogen and oxygen atoms in total. The Kier molecular flexibility index (Phi) is 5.06. The largest absolute Gasteiger partial charge is 0.339 e. The molecule has 1 fully saturated rings. The van der Waals surface area contributed by atoms with E-state index in [1.54, 1.807) is 0 Å². The molecule has 1 aromatic heterocycles. The minimum atomic E-state index is 0.106. The van der Waals surface area contributed by atoms with Gasteiger partial charge in [0.25, 0.3) is 0 Å². The maximum Gasteiger partial charge on any atom is 0.227 e. The monoisotopic (exact) mass is 328 g/mol. The predicted molar refractivity (Wildman–Crippen MR) is 91.1 cm³/mol. The van der Waals surface area contributed by atoms with Crippen molar-refractivity contribution in [3.05, 3.63) is 46.6 Å². The SMILES string of the molecule is Cc1ccc(C(=O)CCc2nc(C3CNCCN3C)no2)cc1C. The molecule has 0 bridgehead atoms. The molecule has 6 heteroatoms. The lowest BCUT2D eigenvalue weighted by atomic mass is 10.0. The Morgan fingerprint density at radius 1 is 1.38 bits per heavy atom. The van der Waals surface area contributed by atoms with E-state index in [1.807, 2.05) is 32.0 Å². The average Bonchev–Trinajstić information content (AvgIpc) is 3.04. The third-order valence-electron chi connectivity index (χ3n) is 4.69. The summed E-state index contributed by atoms with van der Waals surface area (Å²) in [6, 6.07) is 5.94. The van der Waals surface area contributed by atoms with Gasteiger partial charge in [-0.1, -0.05) is 17.3 Å². The predicted octanol–water partition coefficient (Wildman–Crippen LogP) is 2.08. The summed E-state index contributed by atoms with van der Waals surface area (Å²) in [4.78, 5) is 19.0. The molecular formula is C18H24N4O2. The lowest BCUT2D eigenvalue weighted by Crippen LogP contribution is -2.44. The highest BCUT2D eigenvalue weighted by Crippen LogP contribution is 2.18. The van der Waals surface area contributed by atoms with Crippen LogP contribution in [0, 0.1) is 13.8 Å². The van der Waals surface area contributed by atoms with E-state index in [2.05, 4.69) is 27.4 Å². The van der Waals surface area contributed by atoms with Gasteiger partial charge in [0.2, 0.25) is 5.89 Å². The molecule has 1 aliphatic rings. The van der Waals surface area contributed by atoms with E-state index in [4.69, 9.17) is 4.52 Å². The minimum absolute atomic E-state index is 0.106. The van der Waals surface area contributed by atoms with E-state index in [9.17, 15) is 4.79 Å². The van der Waals surface area contributed by atoms with Crippen molar-refractivity contribution in [2.45, 2.75) is 32.7 Å². The molecule has 0 radical (unpaired) electrons. The molecule has 1 unspecified atom stereocenters. The molecule has 0 aliphatic carbocycles. The number of ketones is 1. The van der Waals surface area contributed by atoms with Crippen LogP contribution < -0.4 is 5.32 Å². The van der Waals surface area contributed by atoms with Gasteiger partial charge in [0.1, 0.15) is 0 Å². The Bertz CT molecular complexity index is 726. The molecular weight excluding hydrogens is 304 g/mol. The van der Waals surface area contributed by atoms with Gasteiger partial charge in [0.05, 0.1) is 6.04 Å². The van der Waals surface area contributed by atoms with Crippen molar-refractivity contribution in [1.29, 1.82) is 0 Å². The topological polar surface area (TPSA) is 71.3 Å². The van der Waals surface area contributed by atoms with Gasteiger partial charge in [0, 0.05) is 38.0 Å². The zero-order valence-electron chi connectivity index (χ0n) is 14.5. The molecule has 2 heterocycles. The first-order chi connectivity index (χ1) is 11.5. The molecule has 0 amide bonds. The van der Waals surface area contributed by atoms with Crippen LogP contribution in [0.4, 0.5) is 0 Å². The molecule has 1 saturated heterocycles. The van der Waals surface area contributed by atoms with Gasteiger partial charge in [-0.3, -0.25) is 9.69 Å². The van der Waals surface area contributed by atoms with Crippen LogP contribution in [-0.2, 0) is 6.42 Å². The summed E-state index contributed by atoms with van der Waals surface area (Å²) in [7, 11) is 2.06. The van der Waals surface area contributed by atoms with Gasteiger partial charge in [-0.05, 0) is 38.1 Å². The van der Waals surface area contributed by atoms with Crippen LogP contribution in [0.25, 0.3) is 0 Å². The molecule has 0 spiro atoms. The maximum absolute atomic E-state index is 12.3. The Balaban J connectivity index is 1.60. The lowest BCUT2D eigenvalue weighted by molar-refractivity contribution is 0.0979. The molecule has 24 heavy (non-hydrogen) atoms. The maximum atomic E-state index is 12.3. The third-order valence-corrected chi connectivity index (χ3v) is 4.69. The second kappa shape index (κ2) is 7.23. The Morgan fingerprint density at radius 2 is 2.21 bits per heavy atom. The molecule has 3 rings (SSSR count). The molecule has 1 aromatic carbocycles. The Morgan fingerprint density at radius 3 is 2.96 bits per heavy atom. The first-order valence-electron chi connectivity index (χ1n) is 8.38. The van der Waals surface area contributed by atoms with E-state index < -0.39 is 0 Å². The van der Waals surface area contributed by atoms with Crippen LogP contribution in [0.15, 0.2) is 22.7 Å². The van der Waals surface area contributed by atoms with Crippen molar-refractivity contribution in [2.75, 3.05) is 26.7 Å². The summed E-state index contributed by atoms with van der Waals surface area (Å²) in [5.74, 6) is 1.33. The normalized spacial score (nSPS) is 18.7. The van der Waals surface area contributed by atoms with E-state index in [-0.39, 0.29) is 11.8 Å². The number of hydrogen-bond donors (Lipinski definition) is 1. The number of aromatic nitrogens is 2. The third kappa shape index (κ3) is 3.71. The van der Waals surface area contributed by atoms with Crippen molar-refractivity contribution in [3.8, 4) is 0 Å². The van der Waals surface area contributed by atoms with E-state index in [0.29, 0.717) is 24.6 Å². The van der Waals surface area contributed by atoms with Crippen LogP contribution in [0.3, 0.4) is 0 Å². The number of hydrogen-bond acceptors (Lipinski definition) is 6. The summed E-state index contributed by atoms with van der Waals surface area (Å²) in [5.41, 5.74) is 3.07. The number of likely N-dealkylation sites (N-methyl/N-ethyl adjacent to an activating group) is 1. The van der Waals surface area contributed by atoms with E-state index in [1.165, 1.54) is 5.56 Å². The van der Waals surface area contributed by atoms with Crippen LogP contribution >= 0.6 is 0 Å². The average molecular weight is 328 g/mol. The van der Waals surface area contributed by atoms with Crippen molar-refractivity contribution < 1.29 is 9.32 Å². The summed E-state index contributed by atoms with van der Waals surface area (Å²) in [6.07, 6.45) is 0.853. The fourth-order valence-electron chi connectivity index (χ4n) is 2.88. The van der Waals surface area contributed by atoms with Gasteiger partial charge < -0.3 is 9.84 Å². The quantitative estimate of drug-likeness (QED) is 0.847. The zero-order chi connectivity index (χ0) is 17.1. The summed E-state index contributed by atoms with van der Waals surface area (Å²) in [6.45, 7) is 6.81. The Labute approximate surface area is 142 Å². The smallest absolute Gasteiger partial charge is 0.227 e. The van der Waals surface area contributed by atoms with Crippen LogP contribution in [-0.4, -0.2) is 47.5 Å². The second-order valence-corrected chi connectivity index (χ2v) is 6.47. The number of benzene rings is 1. The molecule has 128 valence electrons. The van der Waals surface area contributed by atoms with Gasteiger partial charge in [-0.15, -0.1) is 0 Å². The first kappa shape index (κ1) is 16.8. The lowest BCUT2D eigenvalue weighted by Gasteiger charge is -2.30. The number of rotatable bonds is 5. The van der Waals surface area contributed by atoms with Gasteiger partial charge in [-0.25, -0.2) is 0 Å². The molecule has 1 aliphatic heterocycles. The number of carbonyl (C=O) groups is 1. The number of aryl methyl sites for hydroxylation is 3. The summed E-state index contributed by atoms with van der Waals surface area (Å²) in [5, 5.41) is 7.42. The molecule has 0 saturated carbocycles. The van der Waals surface area contributed by atoms with Crippen molar-refractivity contribution in [3.63, 3.8) is 0 Å². The van der Waals surface area contributed by atoms with Crippen molar-refractivity contribution in [2.24, 2.45) is 0 Å². The number of piperazine rings is 1. The summed E-state index contributed by atoms with van der Waals surface area (Å²) >= 11 is 0. The second-order valence-electron chi connectivity index (χ2n) is 6.47. The molecule has 1 N–H and O–H groups in total. The fraction of sp³-hybridized carbons (Fsp3) is 0.500. The van der Waals surface area contributed by atoms with Crippen LogP contribution in [0.1, 0.15) is 45.7 Å². The van der Waals surface area contributed by atoms with Crippen molar-refractivity contribution >= 4 is 5.78 Å². The highest BCUT2D eigenvalue weighted by Gasteiger charge is 2.25. The fourth-order valence-corrected chi connectivity index (χ4v) is 2.88. The molecule has 1 atom stereocenters. The standard InChI is InChI=1S/C18H24N4O2/c1-12-4-5-14(10-13(12)2)16(23)6-7-17-20-18(21-24-17)15-11-19-8-9-22(15)3/h4-5,10,15,19H,6-9,11H2,1-3H3. The van der Waals surface area contributed by atoms with E-state index in [0.717, 1.165) is 30.8 Å². The van der Waals surface area contributed by atoms with Crippen LogP contribution in [0.2, 0.25) is 0 Å². The zero-order valence-corrected chi connectivity index (χ0v) is 14.5. The molecule has 2 aromatic rings. The van der Waals surface area contributed by atoms with Gasteiger partial charge >= 0.3 is 0 Å². The van der Waals surface area contributed by atoms with Crippen molar-refractivity contribution in [1.82, 2.24) is 20.4 Å². The number of nitrogens with zero attached hydrogens (tertiary/aromatic N) is 3. The first-order valence-corrected chi connectivity index (χ1v) is 8.38. The number of nitrogens with one attached hydrogen (secondary N) is 1. The minimum Gasteiger partial charge on any atom is -0.339 e. The summed E-state index contributed by atoms with van der Waals surface area (Å²) < 4.78 is 5.33. The van der Waals surface area contributed by atoms with Gasteiger partial charge in [-0.2, -0.15) is 4.98 Å². The number of Topliss-reactive ketones (excluding diaryl/α,β-unsaturated/α-hetero) is 1. The number of carbonyl (C=O) groups excluding carboxylic acids is 1. The highest BCUT2D eigenvalue weighted by molar-refractivity contribution is 5.96. The van der Waals surface area contributed by atoms with Crippen LogP contribution in [0.5, 0.6) is 0 Å². The van der Waals surface area contributed by atoms with Gasteiger partial charge in [0.15, 0.2) is 11.6 Å².